The number of hydrogen-bond acceptors (Lipinski definition) is 5. The summed E-state index contributed by atoms with van der Waals surface area (Å²) in [6, 6.07) is 0. The van der Waals surface area contributed by atoms with Gasteiger partial charge in [0.2, 0.25) is 0 Å². The lowest BCUT2D eigenvalue weighted by molar-refractivity contribution is 0.0992. The van der Waals surface area contributed by atoms with Crippen molar-refractivity contribution in [3.05, 3.63) is 0 Å². The predicted molar refractivity (Wildman–Crippen MR) is 133 cm³/mol. The Kier molecular flexibility index (Phi) is 26.1. The Morgan fingerprint density at radius 1 is 0.452 bits per heavy atom. The highest BCUT2D eigenvalue weighted by atomic mass is 16.8. The SMILES string of the molecule is CCCCCCCCOB(O)OB(OCCCCCCCC)OCCCCCCCC. The Labute approximate surface area is 194 Å². The molecule has 0 unspecified atom stereocenters. The molecule has 0 radical (unpaired) electrons. The maximum atomic E-state index is 10.1. The minimum atomic E-state index is -1.30. The first-order valence-corrected chi connectivity index (χ1v) is 13.4. The van der Waals surface area contributed by atoms with Crippen LogP contribution in [0.5, 0.6) is 0 Å². The van der Waals surface area contributed by atoms with E-state index in [-0.39, 0.29) is 0 Å². The van der Waals surface area contributed by atoms with E-state index in [9.17, 15) is 5.02 Å². The Morgan fingerprint density at radius 3 is 1.16 bits per heavy atom. The van der Waals surface area contributed by atoms with Gasteiger partial charge in [0, 0.05) is 19.8 Å². The molecular formula is C24H52B2O5. The second-order valence-electron chi connectivity index (χ2n) is 8.65. The molecule has 0 aromatic heterocycles. The normalized spacial score (nSPS) is 11.2. The third-order valence-corrected chi connectivity index (χ3v) is 5.49. The highest BCUT2D eigenvalue weighted by Gasteiger charge is 2.29. The van der Waals surface area contributed by atoms with Crippen LogP contribution in [0.3, 0.4) is 0 Å². The molecule has 0 aliphatic heterocycles. The van der Waals surface area contributed by atoms with E-state index >= 15 is 0 Å². The average Bonchev–Trinajstić information content (AvgIpc) is 2.77. The number of hydrogen-bond donors (Lipinski definition) is 1. The van der Waals surface area contributed by atoms with Gasteiger partial charge in [0.1, 0.15) is 0 Å². The fraction of sp³-hybridized carbons (Fsp3) is 1.00. The summed E-state index contributed by atoms with van der Waals surface area (Å²) in [4.78, 5) is 0. The van der Waals surface area contributed by atoms with Crippen molar-refractivity contribution >= 4 is 14.6 Å². The molecule has 0 saturated heterocycles. The molecule has 7 heteroatoms. The van der Waals surface area contributed by atoms with Gasteiger partial charge in [-0.15, -0.1) is 0 Å². The van der Waals surface area contributed by atoms with Crippen LogP contribution in [0.25, 0.3) is 0 Å². The molecule has 0 atom stereocenters. The Balaban J connectivity index is 3.99. The van der Waals surface area contributed by atoms with E-state index in [0.717, 1.165) is 38.5 Å². The Morgan fingerprint density at radius 2 is 0.774 bits per heavy atom. The number of rotatable bonds is 26. The van der Waals surface area contributed by atoms with E-state index in [0.29, 0.717) is 19.8 Å². The van der Waals surface area contributed by atoms with Gasteiger partial charge in [-0.1, -0.05) is 117 Å². The zero-order valence-electron chi connectivity index (χ0n) is 21.1. The third kappa shape index (κ3) is 24.4. The fourth-order valence-electron chi connectivity index (χ4n) is 3.45. The standard InChI is InChI=1S/C24H52B2O5/c1-4-7-10-13-16-19-22-28-25(27)31-26(29-23-20-17-14-11-8-5-2)30-24-21-18-15-12-9-6-3/h27H,4-24H2,1-3H3. The minimum absolute atomic E-state index is 0.495. The van der Waals surface area contributed by atoms with E-state index in [4.69, 9.17) is 18.5 Å². The van der Waals surface area contributed by atoms with Crippen LogP contribution in [0.1, 0.15) is 136 Å². The fourth-order valence-corrected chi connectivity index (χ4v) is 3.45. The molecule has 0 aliphatic rings. The zero-order valence-corrected chi connectivity index (χ0v) is 21.1. The third-order valence-electron chi connectivity index (χ3n) is 5.49. The van der Waals surface area contributed by atoms with Gasteiger partial charge in [0.25, 0.3) is 0 Å². The van der Waals surface area contributed by atoms with Gasteiger partial charge in [0.15, 0.2) is 0 Å². The van der Waals surface area contributed by atoms with Gasteiger partial charge in [-0.3, -0.25) is 0 Å². The maximum Gasteiger partial charge on any atom is 0.627 e. The van der Waals surface area contributed by atoms with Crippen molar-refractivity contribution in [2.24, 2.45) is 0 Å². The zero-order chi connectivity index (χ0) is 22.8. The number of unbranched alkanes of at least 4 members (excludes halogenated alkanes) is 15. The van der Waals surface area contributed by atoms with Gasteiger partial charge < -0.3 is 23.6 Å². The molecule has 0 aromatic rings. The summed E-state index contributed by atoms with van der Waals surface area (Å²) in [6.45, 7) is 8.33. The first kappa shape index (κ1) is 30.9. The van der Waals surface area contributed by atoms with Gasteiger partial charge in [-0.25, -0.2) is 0 Å². The summed E-state index contributed by atoms with van der Waals surface area (Å²) in [5.74, 6) is 0. The molecule has 0 saturated carbocycles. The summed E-state index contributed by atoms with van der Waals surface area (Å²) >= 11 is 0. The molecule has 0 heterocycles. The molecule has 0 rings (SSSR count). The molecule has 0 fully saturated rings. The summed E-state index contributed by atoms with van der Waals surface area (Å²) in [6.07, 6.45) is 21.6. The summed E-state index contributed by atoms with van der Waals surface area (Å²) < 4.78 is 22.4. The van der Waals surface area contributed by atoms with Crippen LogP contribution in [0.4, 0.5) is 0 Å². The first-order valence-electron chi connectivity index (χ1n) is 13.4. The van der Waals surface area contributed by atoms with Gasteiger partial charge in [-0.05, 0) is 19.3 Å². The van der Waals surface area contributed by atoms with Crippen LogP contribution in [0.2, 0.25) is 0 Å². The smallest absolute Gasteiger partial charge is 0.402 e. The monoisotopic (exact) mass is 442 g/mol. The van der Waals surface area contributed by atoms with Crippen LogP contribution >= 0.6 is 0 Å². The molecule has 0 amide bonds. The molecule has 184 valence electrons. The van der Waals surface area contributed by atoms with Crippen LogP contribution in [-0.4, -0.2) is 39.5 Å². The molecule has 5 nitrogen and oxygen atoms in total. The lowest BCUT2D eigenvalue weighted by Gasteiger charge is -2.16. The molecule has 31 heavy (non-hydrogen) atoms. The van der Waals surface area contributed by atoms with Crippen LogP contribution in [0, 0.1) is 0 Å². The largest absolute Gasteiger partial charge is 0.627 e. The Hall–Kier alpha value is -0.0701. The maximum absolute atomic E-state index is 10.1. The van der Waals surface area contributed by atoms with E-state index in [1.54, 1.807) is 0 Å². The molecule has 0 spiro atoms. The lowest BCUT2D eigenvalue weighted by atomic mass is 10.1. The summed E-state index contributed by atoms with van der Waals surface area (Å²) in [7, 11) is -2.15. The van der Waals surface area contributed by atoms with Crippen molar-refractivity contribution in [1.29, 1.82) is 0 Å². The van der Waals surface area contributed by atoms with Crippen molar-refractivity contribution in [2.45, 2.75) is 136 Å². The van der Waals surface area contributed by atoms with E-state index in [1.165, 1.54) is 77.0 Å². The average molecular weight is 442 g/mol. The molecule has 0 aliphatic carbocycles. The summed E-state index contributed by atoms with van der Waals surface area (Å²) in [5, 5.41) is 10.1. The van der Waals surface area contributed by atoms with Crippen LogP contribution in [-0.2, 0) is 18.5 Å². The van der Waals surface area contributed by atoms with E-state index in [1.807, 2.05) is 0 Å². The predicted octanol–water partition coefficient (Wildman–Crippen LogP) is 7.10. The second kappa shape index (κ2) is 26.2. The second-order valence-corrected chi connectivity index (χ2v) is 8.65. The van der Waals surface area contributed by atoms with Crippen LogP contribution < -0.4 is 0 Å². The van der Waals surface area contributed by atoms with Crippen LogP contribution in [0.15, 0.2) is 0 Å². The van der Waals surface area contributed by atoms with Gasteiger partial charge in [-0.2, -0.15) is 0 Å². The van der Waals surface area contributed by atoms with Gasteiger partial charge >= 0.3 is 14.6 Å². The van der Waals surface area contributed by atoms with E-state index in [2.05, 4.69) is 20.8 Å². The van der Waals surface area contributed by atoms with Crippen molar-refractivity contribution < 1.29 is 23.6 Å². The van der Waals surface area contributed by atoms with Gasteiger partial charge in [0.05, 0.1) is 0 Å². The highest BCUT2D eigenvalue weighted by Crippen LogP contribution is 2.09. The van der Waals surface area contributed by atoms with Crippen molar-refractivity contribution in [3.63, 3.8) is 0 Å². The highest BCUT2D eigenvalue weighted by molar-refractivity contribution is 6.51. The van der Waals surface area contributed by atoms with Crippen molar-refractivity contribution in [3.8, 4) is 0 Å². The topological polar surface area (TPSA) is 57.2 Å². The molecule has 1 N–H and O–H groups in total. The minimum Gasteiger partial charge on any atom is -0.402 e. The van der Waals surface area contributed by atoms with Crippen molar-refractivity contribution in [1.82, 2.24) is 0 Å². The molecular weight excluding hydrogens is 390 g/mol. The van der Waals surface area contributed by atoms with Crippen molar-refractivity contribution in [2.75, 3.05) is 19.8 Å². The molecule has 0 aromatic carbocycles. The van der Waals surface area contributed by atoms with E-state index < -0.39 is 14.6 Å². The lowest BCUT2D eigenvalue weighted by Crippen LogP contribution is -2.37. The summed E-state index contributed by atoms with van der Waals surface area (Å²) in [5.41, 5.74) is 0. The quantitative estimate of drug-likeness (QED) is 0.114. The first-order chi connectivity index (χ1) is 15.2. The molecule has 0 bridgehead atoms. The Bertz CT molecular complexity index is 319.